The highest BCUT2D eigenvalue weighted by Crippen LogP contribution is 2.34. The Labute approximate surface area is 176 Å². The Bertz CT molecular complexity index is 847. The summed E-state index contributed by atoms with van der Waals surface area (Å²) in [7, 11) is 0. The van der Waals surface area contributed by atoms with E-state index in [9.17, 15) is 9.59 Å². The van der Waals surface area contributed by atoms with Gasteiger partial charge >= 0.3 is 6.09 Å². The molecule has 1 atom stereocenters. The molecule has 2 aliphatic rings. The predicted octanol–water partition coefficient (Wildman–Crippen LogP) is 2.68. The van der Waals surface area contributed by atoms with Crippen molar-refractivity contribution in [3.05, 3.63) is 48.5 Å². The molecule has 1 spiro atoms. The first-order valence-corrected chi connectivity index (χ1v) is 10.7. The minimum Gasteiger partial charge on any atom is -0.441 e. The van der Waals surface area contributed by atoms with Crippen LogP contribution in [0.1, 0.15) is 44.1 Å². The highest BCUT2D eigenvalue weighted by Gasteiger charge is 2.47. The number of piperidine rings is 1. The van der Waals surface area contributed by atoms with Crippen LogP contribution in [0.15, 0.2) is 43.0 Å². The molecule has 2 aliphatic heterocycles. The van der Waals surface area contributed by atoms with Gasteiger partial charge in [-0.25, -0.2) is 9.78 Å². The molecule has 2 saturated heterocycles. The molecule has 3 heterocycles. The van der Waals surface area contributed by atoms with Gasteiger partial charge in [0.25, 0.3) is 0 Å². The fourth-order valence-electron chi connectivity index (χ4n) is 4.37. The van der Waals surface area contributed by atoms with Crippen molar-refractivity contribution >= 4 is 12.0 Å². The highest BCUT2D eigenvalue weighted by molar-refractivity contribution is 5.76. The number of rotatable bonds is 7. The summed E-state index contributed by atoms with van der Waals surface area (Å²) in [6, 6.07) is 10.2. The molecular weight excluding hydrogens is 382 g/mol. The van der Waals surface area contributed by atoms with Crippen LogP contribution in [0.25, 0.3) is 0 Å². The van der Waals surface area contributed by atoms with E-state index in [1.165, 1.54) is 11.9 Å². The Morgan fingerprint density at radius 2 is 2.00 bits per heavy atom. The van der Waals surface area contributed by atoms with Crippen LogP contribution < -0.4 is 0 Å². The molecule has 0 saturated carbocycles. The second kappa shape index (κ2) is 8.85. The van der Waals surface area contributed by atoms with Crippen LogP contribution in [0.3, 0.4) is 0 Å². The Kier molecular flexibility index (Phi) is 6.01. The van der Waals surface area contributed by atoms with Crippen molar-refractivity contribution in [1.82, 2.24) is 24.6 Å². The first-order valence-electron chi connectivity index (χ1n) is 10.7. The second-order valence-corrected chi connectivity index (χ2v) is 8.39. The average molecular weight is 412 g/mol. The molecule has 0 N–H and O–H groups in total. The summed E-state index contributed by atoms with van der Waals surface area (Å²) in [5.74, 6) is 0.407. The standard InChI is InChI=1S/C22H29N5O3/c1-18(19-6-3-2-4-7-19)14-26-15-22(30-21(26)29)9-12-25(13-10-22)20(28)8-5-11-27-17-23-16-24-27/h2-4,6-7,16-18H,5,8-15H2,1H3/t18-/m1/s1. The van der Waals surface area contributed by atoms with Crippen LogP contribution in [0.5, 0.6) is 0 Å². The van der Waals surface area contributed by atoms with Crippen LogP contribution in [0.4, 0.5) is 4.79 Å². The third-order valence-electron chi connectivity index (χ3n) is 6.18. The molecule has 4 rings (SSSR count). The number of carbonyl (C=O) groups excluding carboxylic acids is 2. The summed E-state index contributed by atoms with van der Waals surface area (Å²) >= 11 is 0. The molecule has 2 fully saturated rings. The van der Waals surface area contributed by atoms with E-state index in [0.29, 0.717) is 52.0 Å². The maximum absolute atomic E-state index is 12.5. The van der Waals surface area contributed by atoms with Gasteiger partial charge in [0.15, 0.2) is 0 Å². The van der Waals surface area contributed by atoms with E-state index >= 15 is 0 Å². The summed E-state index contributed by atoms with van der Waals surface area (Å²) in [6.45, 7) is 5.35. The van der Waals surface area contributed by atoms with Crippen LogP contribution in [0, 0.1) is 0 Å². The quantitative estimate of drug-likeness (QED) is 0.700. The number of hydrogen-bond donors (Lipinski definition) is 0. The zero-order chi connectivity index (χ0) is 21.0. The first kappa shape index (κ1) is 20.4. The van der Waals surface area contributed by atoms with Gasteiger partial charge in [-0.2, -0.15) is 5.10 Å². The number of aryl methyl sites for hydroxylation is 1. The smallest absolute Gasteiger partial charge is 0.410 e. The lowest BCUT2D eigenvalue weighted by Gasteiger charge is -2.37. The van der Waals surface area contributed by atoms with E-state index in [0.717, 1.165) is 6.42 Å². The minimum atomic E-state index is -0.453. The van der Waals surface area contributed by atoms with Crippen molar-refractivity contribution in [3.63, 3.8) is 0 Å². The molecule has 0 radical (unpaired) electrons. The van der Waals surface area contributed by atoms with Gasteiger partial charge in [0.05, 0.1) is 6.54 Å². The van der Waals surface area contributed by atoms with Gasteiger partial charge in [-0.15, -0.1) is 0 Å². The van der Waals surface area contributed by atoms with Gasteiger partial charge < -0.3 is 14.5 Å². The minimum absolute atomic E-state index is 0.156. The zero-order valence-corrected chi connectivity index (χ0v) is 17.4. The Balaban J connectivity index is 1.24. The topological polar surface area (TPSA) is 80.6 Å². The van der Waals surface area contributed by atoms with E-state index in [1.807, 2.05) is 28.0 Å². The summed E-state index contributed by atoms with van der Waals surface area (Å²) < 4.78 is 7.57. The van der Waals surface area contributed by atoms with Gasteiger partial charge in [-0.3, -0.25) is 9.48 Å². The summed E-state index contributed by atoms with van der Waals surface area (Å²) in [5, 5.41) is 4.06. The number of nitrogens with zero attached hydrogens (tertiary/aromatic N) is 5. The monoisotopic (exact) mass is 411 g/mol. The van der Waals surface area contributed by atoms with Crippen molar-refractivity contribution in [2.75, 3.05) is 26.2 Å². The number of ether oxygens (including phenoxy) is 1. The number of carbonyl (C=O) groups is 2. The second-order valence-electron chi connectivity index (χ2n) is 8.39. The van der Waals surface area contributed by atoms with Crippen LogP contribution in [0.2, 0.25) is 0 Å². The lowest BCUT2D eigenvalue weighted by atomic mass is 9.90. The third-order valence-corrected chi connectivity index (χ3v) is 6.18. The maximum atomic E-state index is 12.5. The molecule has 2 aromatic rings. The van der Waals surface area contributed by atoms with Gasteiger partial charge in [-0.05, 0) is 17.9 Å². The van der Waals surface area contributed by atoms with E-state index in [1.54, 1.807) is 11.0 Å². The number of benzene rings is 1. The van der Waals surface area contributed by atoms with Gasteiger partial charge in [0.1, 0.15) is 18.3 Å². The molecule has 30 heavy (non-hydrogen) atoms. The van der Waals surface area contributed by atoms with Crippen molar-refractivity contribution in [3.8, 4) is 0 Å². The lowest BCUT2D eigenvalue weighted by Crippen LogP contribution is -2.48. The first-order chi connectivity index (χ1) is 14.5. The molecule has 2 amide bonds. The molecule has 8 heteroatoms. The van der Waals surface area contributed by atoms with Crippen molar-refractivity contribution in [2.24, 2.45) is 0 Å². The van der Waals surface area contributed by atoms with Crippen LogP contribution >= 0.6 is 0 Å². The Hall–Kier alpha value is -2.90. The summed E-state index contributed by atoms with van der Waals surface area (Å²) in [5.41, 5.74) is 0.767. The van der Waals surface area contributed by atoms with Gasteiger partial charge in [-0.1, -0.05) is 37.3 Å². The average Bonchev–Trinajstić information content (AvgIpc) is 3.37. The Morgan fingerprint density at radius 1 is 1.23 bits per heavy atom. The van der Waals surface area contributed by atoms with Crippen LogP contribution in [-0.2, 0) is 16.1 Å². The van der Waals surface area contributed by atoms with Gasteiger partial charge in [0, 0.05) is 45.4 Å². The number of likely N-dealkylation sites (tertiary alicyclic amines) is 1. The SMILES string of the molecule is C[C@H](CN1CC2(CCN(C(=O)CCCn3cncn3)CC2)OC1=O)c1ccccc1. The Morgan fingerprint density at radius 3 is 2.70 bits per heavy atom. The van der Waals surface area contributed by atoms with E-state index in [2.05, 4.69) is 29.1 Å². The molecular formula is C22H29N5O3. The number of aromatic nitrogens is 3. The third kappa shape index (κ3) is 4.63. The molecule has 8 nitrogen and oxygen atoms in total. The van der Waals surface area contributed by atoms with E-state index in [4.69, 9.17) is 4.74 Å². The molecule has 0 unspecified atom stereocenters. The molecule has 0 aliphatic carbocycles. The zero-order valence-electron chi connectivity index (χ0n) is 17.4. The van der Waals surface area contributed by atoms with Gasteiger partial charge in [0.2, 0.25) is 5.91 Å². The number of hydrogen-bond acceptors (Lipinski definition) is 5. The van der Waals surface area contributed by atoms with Crippen LogP contribution in [-0.4, -0.2) is 68.3 Å². The number of amides is 2. The normalized spacial score (nSPS) is 19.2. The molecule has 1 aromatic carbocycles. The van der Waals surface area contributed by atoms with E-state index in [-0.39, 0.29) is 17.9 Å². The molecule has 1 aromatic heterocycles. The van der Waals surface area contributed by atoms with Crippen molar-refractivity contribution in [2.45, 2.75) is 50.7 Å². The molecule has 0 bridgehead atoms. The highest BCUT2D eigenvalue weighted by atomic mass is 16.6. The fraction of sp³-hybridized carbons (Fsp3) is 0.545. The maximum Gasteiger partial charge on any atom is 0.410 e. The summed E-state index contributed by atoms with van der Waals surface area (Å²) in [6.07, 6.45) is 5.56. The largest absolute Gasteiger partial charge is 0.441 e. The van der Waals surface area contributed by atoms with Crippen molar-refractivity contribution < 1.29 is 14.3 Å². The lowest BCUT2D eigenvalue weighted by molar-refractivity contribution is -0.134. The van der Waals surface area contributed by atoms with E-state index < -0.39 is 5.60 Å². The van der Waals surface area contributed by atoms with Crippen molar-refractivity contribution in [1.29, 1.82) is 0 Å². The predicted molar refractivity (Wildman–Crippen MR) is 111 cm³/mol. The summed E-state index contributed by atoms with van der Waals surface area (Å²) in [4.78, 5) is 32.7. The fourth-order valence-corrected chi connectivity index (χ4v) is 4.37. The molecule has 160 valence electrons.